The molecule has 1 heterocycles. The topological polar surface area (TPSA) is 21.3 Å². The van der Waals surface area contributed by atoms with Crippen LogP contribution >= 0.6 is 0 Å². The molecule has 0 radical (unpaired) electrons. The first-order valence-electron chi connectivity index (χ1n) is 11.0. The normalized spacial score (nSPS) is 18.5. The Morgan fingerprint density at radius 2 is 1.63 bits per heavy atom. The lowest BCUT2D eigenvalue weighted by Crippen LogP contribution is -2.07. The van der Waals surface area contributed by atoms with Gasteiger partial charge in [0.25, 0.3) is 0 Å². The molecule has 0 unspecified atom stereocenters. The molecule has 0 saturated heterocycles. The molecule has 27 heavy (non-hydrogen) atoms. The fourth-order valence-corrected chi connectivity index (χ4v) is 4.62. The van der Waals surface area contributed by atoms with Gasteiger partial charge in [-0.2, -0.15) is 0 Å². The summed E-state index contributed by atoms with van der Waals surface area (Å²) in [5, 5.41) is 3.69. The van der Waals surface area contributed by atoms with Gasteiger partial charge in [0.15, 0.2) is 0 Å². The van der Waals surface area contributed by atoms with Gasteiger partial charge in [-0.15, -0.1) is 0 Å². The summed E-state index contributed by atoms with van der Waals surface area (Å²) in [6, 6.07) is 15.4. The van der Waals surface area contributed by atoms with E-state index in [-0.39, 0.29) is 0 Å². The van der Waals surface area contributed by atoms with Crippen molar-refractivity contribution in [2.75, 3.05) is 11.9 Å². The van der Waals surface area contributed by atoms with Crippen LogP contribution in [-0.2, 0) is 13.0 Å². The van der Waals surface area contributed by atoms with Gasteiger partial charge in [0.05, 0.1) is 0 Å². The van der Waals surface area contributed by atoms with Gasteiger partial charge in [-0.05, 0) is 61.3 Å². The second-order valence-electron chi connectivity index (χ2n) is 8.25. The van der Waals surface area contributed by atoms with Crippen LogP contribution in [0.1, 0.15) is 80.4 Å². The molecule has 2 heteroatoms. The molecule has 1 aliphatic carbocycles. The predicted octanol–water partition coefficient (Wildman–Crippen LogP) is 6.84. The number of benzene rings is 2. The van der Waals surface area contributed by atoms with Crippen molar-refractivity contribution >= 4 is 5.69 Å². The Balaban J connectivity index is 1.60. The highest BCUT2D eigenvalue weighted by Gasteiger charge is 2.20. The molecule has 4 rings (SSSR count). The molecule has 1 saturated carbocycles. The molecule has 2 aliphatic rings. The second-order valence-corrected chi connectivity index (χ2v) is 8.25. The number of anilines is 1. The van der Waals surface area contributed by atoms with E-state index in [1.165, 1.54) is 80.2 Å². The Kier molecular flexibility index (Phi) is 6.34. The number of hydrogen-bond donors (Lipinski definition) is 1. The minimum Gasteiger partial charge on any atom is -0.489 e. The van der Waals surface area contributed by atoms with Crippen molar-refractivity contribution < 1.29 is 4.74 Å². The van der Waals surface area contributed by atoms with Crippen molar-refractivity contribution in [1.82, 2.24) is 0 Å². The molecule has 0 amide bonds. The minimum absolute atomic E-state index is 0.654. The van der Waals surface area contributed by atoms with Crippen LogP contribution in [0, 0.1) is 0 Å². The lowest BCUT2D eigenvalue weighted by atomic mass is 9.85. The van der Waals surface area contributed by atoms with Gasteiger partial charge in [0, 0.05) is 17.8 Å². The maximum Gasteiger partial charge on any atom is 0.125 e. The van der Waals surface area contributed by atoms with E-state index in [2.05, 4.69) is 47.8 Å². The Morgan fingerprint density at radius 1 is 0.852 bits per heavy atom. The Hall–Kier alpha value is -1.96. The summed E-state index contributed by atoms with van der Waals surface area (Å²) in [6.07, 6.45) is 13.2. The Bertz CT molecular complexity index is 717. The summed E-state index contributed by atoms with van der Waals surface area (Å²) in [5.74, 6) is 1.81. The number of nitrogens with one attached hydrogen (secondary N) is 1. The highest BCUT2D eigenvalue weighted by atomic mass is 16.5. The van der Waals surface area contributed by atoms with Crippen LogP contribution in [0.4, 0.5) is 5.69 Å². The first-order chi connectivity index (χ1) is 13.4. The van der Waals surface area contributed by atoms with E-state index in [1.54, 1.807) is 0 Å². The average Bonchev–Trinajstić information content (AvgIpc) is 2.92. The van der Waals surface area contributed by atoms with E-state index < -0.39 is 0 Å². The first-order valence-corrected chi connectivity index (χ1v) is 11.0. The number of rotatable bonds is 4. The molecule has 2 aromatic carbocycles. The van der Waals surface area contributed by atoms with Gasteiger partial charge in [-0.25, -0.2) is 0 Å². The smallest absolute Gasteiger partial charge is 0.125 e. The standard InChI is InChI=1S/C25H33NO/c1-2-7-13-21(14-8-3-1)22-17-24-23(15-9-10-16-26-24)25(18-22)27-19-20-11-5-4-6-12-20/h4-6,11-12,17-18,21,26H,1-3,7-10,13-16,19H2. The van der Waals surface area contributed by atoms with Gasteiger partial charge in [-0.1, -0.05) is 62.4 Å². The fraction of sp³-hybridized carbons (Fsp3) is 0.520. The third kappa shape index (κ3) is 4.86. The SMILES string of the molecule is c1ccc(COc2cc(C3CCCCCCC3)cc3c2CCCCN3)cc1. The number of fused-ring (bicyclic) bond motifs is 1. The molecule has 1 aliphatic heterocycles. The molecule has 1 N–H and O–H groups in total. The molecule has 0 aromatic heterocycles. The third-order valence-electron chi connectivity index (χ3n) is 6.21. The minimum atomic E-state index is 0.654. The largest absolute Gasteiger partial charge is 0.489 e. The van der Waals surface area contributed by atoms with Gasteiger partial charge in [0.1, 0.15) is 12.4 Å². The molecule has 2 nitrogen and oxygen atoms in total. The van der Waals surface area contributed by atoms with Gasteiger partial charge in [0.2, 0.25) is 0 Å². The molecule has 2 aromatic rings. The maximum atomic E-state index is 6.39. The van der Waals surface area contributed by atoms with Crippen LogP contribution in [0.2, 0.25) is 0 Å². The highest BCUT2D eigenvalue weighted by Crippen LogP contribution is 2.39. The molecule has 144 valence electrons. The van der Waals surface area contributed by atoms with E-state index >= 15 is 0 Å². The number of hydrogen-bond acceptors (Lipinski definition) is 2. The van der Waals surface area contributed by atoms with E-state index in [4.69, 9.17) is 4.74 Å². The van der Waals surface area contributed by atoms with E-state index in [0.29, 0.717) is 12.5 Å². The van der Waals surface area contributed by atoms with Crippen LogP contribution in [0.5, 0.6) is 5.75 Å². The molecular formula is C25H33NO. The molecule has 1 fully saturated rings. The van der Waals surface area contributed by atoms with Crippen molar-refractivity contribution in [3.8, 4) is 5.75 Å². The molecular weight excluding hydrogens is 330 g/mol. The van der Waals surface area contributed by atoms with Gasteiger partial charge in [-0.3, -0.25) is 0 Å². The molecule has 0 atom stereocenters. The summed E-state index contributed by atoms with van der Waals surface area (Å²) >= 11 is 0. The van der Waals surface area contributed by atoms with Crippen molar-refractivity contribution in [2.45, 2.75) is 76.7 Å². The first kappa shape index (κ1) is 18.4. The zero-order valence-corrected chi connectivity index (χ0v) is 16.5. The van der Waals surface area contributed by atoms with Crippen molar-refractivity contribution in [3.05, 3.63) is 59.2 Å². The molecule has 0 spiro atoms. The number of ether oxygens (including phenoxy) is 1. The quantitative estimate of drug-likeness (QED) is 0.642. The second kappa shape index (κ2) is 9.30. The van der Waals surface area contributed by atoms with Crippen LogP contribution in [-0.4, -0.2) is 6.54 Å². The molecule has 0 bridgehead atoms. The van der Waals surface area contributed by atoms with Crippen molar-refractivity contribution in [3.63, 3.8) is 0 Å². The van der Waals surface area contributed by atoms with Crippen LogP contribution in [0.3, 0.4) is 0 Å². The van der Waals surface area contributed by atoms with E-state index in [1.807, 2.05) is 0 Å². The monoisotopic (exact) mass is 363 g/mol. The Labute approximate surface area is 164 Å². The lowest BCUT2D eigenvalue weighted by molar-refractivity contribution is 0.302. The lowest BCUT2D eigenvalue weighted by Gasteiger charge is -2.23. The van der Waals surface area contributed by atoms with E-state index in [0.717, 1.165) is 18.7 Å². The van der Waals surface area contributed by atoms with Crippen LogP contribution in [0.15, 0.2) is 42.5 Å². The van der Waals surface area contributed by atoms with Crippen molar-refractivity contribution in [1.29, 1.82) is 0 Å². The van der Waals surface area contributed by atoms with Crippen LogP contribution in [0.25, 0.3) is 0 Å². The summed E-state index contributed by atoms with van der Waals surface area (Å²) in [7, 11) is 0. The third-order valence-corrected chi connectivity index (χ3v) is 6.21. The average molecular weight is 364 g/mol. The Morgan fingerprint density at radius 3 is 2.44 bits per heavy atom. The summed E-state index contributed by atoms with van der Waals surface area (Å²) in [6.45, 7) is 1.74. The van der Waals surface area contributed by atoms with Crippen molar-refractivity contribution in [2.24, 2.45) is 0 Å². The van der Waals surface area contributed by atoms with Crippen LogP contribution < -0.4 is 10.1 Å². The van der Waals surface area contributed by atoms with Gasteiger partial charge < -0.3 is 10.1 Å². The predicted molar refractivity (Wildman–Crippen MR) is 114 cm³/mol. The highest BCUT2D eigenvalue weighted by molar-refractivity contribution is 5.61. The van der Waals surface area contributed by atoms with E-state index in [9.17, 15) is 0 Å². The maximum absolute atomic E-state index is 6.39. The summed E-state index contributed by atoms with van der Waals surface area (Å²) < 4.78 is 6.39. The summed E-state index contributed by atoms with van der Waals surface area (Å²) in [5.41, 5.74) is 5.45. The summed E-state index contributed by atoms with van der Waals surface area (Å²) in [4.78, 5) is 0. The van der Waals surface area contributed by atoms with Gasteiger partial charge >= 0.3 is 0 Å². The zero-order chi connectivity index (χ0) is 18.3. The zero-order valence-electron chi connectivity index (χ0n) is 16.5. The fourth-order valence-electron chi connectivity index (χ4n) is 4.62.